The van der Waals surface area contributed by atoms with Crippen molar-refractivity contribution >= 4 is 32.7 Å². The molecule has 0 saturated carbocycles. The molecule has 0 aliphatic carbocycles. The fourth-order valence-corrected chi connectivity index (χ4v) is 4.34. The Labute approximate surface area is 162 Å². The molecule has 1 aliphatic heterocycles. The number of halogens is 3. The minimum Gasteiger partial charge on any atom is -0.350 e. The summed E-state index contributed by atoms with van der Waals surface area (Å²) in [4.78, 5) is 25.9. The van der Waals surface area contributed by atoms with Gasteiger partial charge >= 0.3 is 6.18 Å². The number of anilines is 1. The van der Waals surface area contributed by atoms with Crippen LogP contribution in [0, 0.1) is 0 Å². The Kier molecular flexibility index (Phi) is 4.88. The first-order valence-electron chi connectivity index (χ1n) is 8.70. The summed E-state index contributed by atoms with van der Waals surface area (Å²) in [5.41, 5.74) is -0.0197. The average Bonchev–Trinajstić information content (AvgIpc) is 3.32. The molecule has 2 aromatic heterocycles. The summed E-state index contributed by atoms with van der Waals surface area (Å²) in [6, 6.07) is 9.05. The van der Waals surface area contributed by atoms with Crippen molar-refractivity contribution in [3.63, 3.8) is 0 Å². The lowest BCUT2D eigenvalue weighted by Gasteiger charge is -2.23. The Balaban J connectivity index is 1.55. The topological polar surface area (TPSA) is 71.0 Å². The molecule has 3 heterocycles. The number of rotatable bonds is 4. The maximum absolute atomic E-state index is 13.2. The number of aromatic nitrogens is 3. The minimum atomic E-state index is -4.58. The fourth-order valence-electron chi connectivity index (χ4n) is 3.24. The second-order valence-corrected chi connectivity index (χ2v) is 7.40. The summed E-state index contributed by atoms with van der Waals surface area (Å²) in [5, 5.41) is 3.26. The lowest BCUT2D eigenvalue weighted by Crippen LogP contribution is -2.43. The van der Waals surface area contributed by atoms with Crippen LogP contribution >= 0.6 is 11.3 Å². The lowest BCUT2D eigenvalue weighted by molar-refractivity contribution is -0.139. The first kappa shape index (κ1) is 18.6. The van der Waals surface area contributed by atoms with Gasteiger partial charge in [0.1, 0.15) is 17.1 Å². The summed E-state index contributed by atoms with van der Waals surface area (Å²) < 4.78 is 39.4. The highest BCUT2D eigenvalue weighted by Crippen LogP contribution is 2.39. The first-order chi connectivity index (χ1) is 13.4. The normalized spacial score (nSPS) is 17.2. The molecule has 0 radical (unpaired) electrons. The number of nitrogens with one attached hydrogen (secondary N) is 1. The third-order valence-electron chi connectivity index (χ3n) is 4.56. The van der Waals surface area contributed by atoms with E-state index in [0.717, 1.165) is 29.6 Å². The SMILES string of the molecule is O=C(NCc1ccccc1)[C@H]1CCCN1c1nc2ncnc(C(F)(F)F)c2s1. The van der Waals surface area contributed by atoms with Gasteiger partial charge in [-0.2, -0.15) is 18.2 Å². The number of amides is 1. The molecule has 1 aliphatic rings. The molecule has 1 aromatic carbocycles. The molecule has 4 rings (SSSR count). The molecule has 1 atom stereocenters. The predicted molar refractivity (Wildman–Crippen MR) is 98.9 cm³/mol. The number of hydrogen-bond donors (Lipinski definition) is 1. The van der Waals surface area contributed by atoms with E-state index >= 15 is 0 Å². The molecule has 1 saturated heterocycles. The lowest BCUT2D eigenvalue weighted by atomic mass is 10.2. The standard InChI is InChI=1S/C18H16F3N5OS/c19-18(20,21)14-13-15(24-10-23-14)25-17(28-13)26-8-4-7-12(26)16(27)22-9-11-5-2-1-3-6-11/h1-3,5-6,10,12H,4,7-9H2,(H,22,27)/t12-/m1/s1. The highest BCUT2D eigenvalue weighted by atomic mass is 32.1. The summed E-state index contributed by atoms with van der Waals surface area (Å²) in [5.74, 6) is -0.164. The van der Waals surface area contributed by atoms with Crippen molar-refractivity contribution in [3.8, 4) is 0 Å². The molecule has 0 unspecified atom stereocenters. The zero-order valence-electron chi connectivity index (χ0n) is 14.6. The zero-order chi connectivity index (χ0) is 19.7. The maximum Gasteiger partial charge on any atom is 0.434 e. The number of thiazole rings is 1. The second kappa shape index (κ2) is 7.34. The van der Waals surface area contributed by atoms with Gasteiger partial charge in [0, 0.05) is 13.1 Å². The highest BCUT2D eigenvalue weighted by molar-refractivity contribution is 7.22. The molecule has 6 nitrogen and oxygen atoms in total. The van der Waals surface area contributed by atoms with Gasteiger partial charge in [-0.25, -0.2) is 9.97 Å². The van der Waals surface area contributed by atoms with Gasteiger partial charge in [0.25, 0.3) is 0 Å². The molecular formula is C18H16F3N5OS. The third-order valence-corrected chi connectivity index (χ3v) is 5.65. The van der Waals surface area contributed by atoms with Crippen LogP contribution in [0.5, 0.6) is 0 Å². The Morgan fingerprint density at radius 2 is 2.04 bits per heavy atom. The smallest absolute Gasteiger partial charge is 0.350 e. The van der Waals surface area contributed by atoms with E-state index in [0.29, 0.717) is 24.6 Å². The number of benzene rings is 1. The Hall–Kier alpha value is -2.75. The Morgan fingerprint density at radius 3 is 2.79 bits per heavy atom. The van der Waals surface area contributed by atoms with Gasteiger partial charge in [0.15, 0.2) is 16.5 Å². The van der Waals surface area contributed by atoms with E-state index in [1.165, 1.54) is 0 Å². The van der Waals surface area contributed by atoms with Crippen molar-refractivity contribution in [3.05, 3.63) is 47.9 Å². The van der Waals surface area contributed by atoms with E-state index in [1.807, 2.05) is 30.3 Å². The number of carbonyl (C=O) groups excluding carboxylic acids is 1. The van der Waals surface area contributed by atoms with E-state index in [-0.39, 0.29) is 16.3 Å². The van der Waals surface area contributed by atoms with Crippen LogP contribution in [0.1, 0.15) is 24.1 Å². The number of carbonyl (C=O) groups is 1. The number of nitrogens with zero attached hydrogens (tertiary/aromatic N) is 4. The molecule has 3 aromatic rings. The van der Waals surface area contributed by atoms with Gasteiger partial charge in [-0.3, -0.25) is 4.79 Å². The zero-order valence-corrected chi connectivity index (χ0v) is 15.4. The van der Waals surface area contributed by atoms with Gasteiger partial charge in [-0.15, -0.1) is 0 Å². The van der Waals surface area contributed by atoms with Crippen molar-refractivity contribution in [1.29, 1.82) is 0 Å². The number of fused-ring (bicyclic) bond motifs is 1. The molecule has 1 amide bonds. The van der Waals surface area contributed by atoms with Crippen LogP contribution in [0.4, 0.5) is 18.3 Å². The second-order valence-electron chi connectivity index (χ2n) is 6.42. The molecule has 10 heteroatoms. The monoisotopic (exact) mass is 407 g/mol. The molecule has 0 bridgehead atoms. The fraction of sp³-hybridized carbons (Fsp3) is 0.333. The van der Waals surface area contributed by atoms with Gasteiger partial charge in [0.05, 0.1) is 0 Å². The van der Waals surface area contributed by atoms with Crippen molar-refractivity contribution in [2.75, 3.05) is 11.4 Å². The summed E-state index contributed by atoms with van der Waals surface area (Å²) in [6.45, 7) is 0.950. The summed E-state index contributed by atoms with van der Waals surface area (Å²) in [7, 11) is 0. The van der Waals surface area contributed by atoms with Gasteiger partial charge in [-0.05, 0) is 18.4 Å². The molecule has 1 fully saturated rings. The van der Waals surface area contributed by atoms with E-state index < -0.39 is 17.9 Å². The third kappa shape index (κ3) is 3.64. The summed E-state index contributed by atoms with van der Waals surface area (Å²) >= 11 is 0.873. The molecule has 0 spiro atoms. The Bertz CT molecular complexity index is 992. The molecule has 146 valence electrons. The van der Waals surface area contributed by atoms with Crippen molar-refractivity contribution in [2.24, 2.45) is 0 Å². The van der Waals surface area contributed by atoms with E-state index in [4.69, 9.17) is 0 Å². The van der Waals surface area contributed by atoms with Crippen molar-refractivity contribution in [2.45, 2.75) is 31.6 Å². The van der Waals surface area contributed by atoms with Crippen LogP contribution in [-0.2, 0) is 17.5 Å². The predicted octanol–water partition coefficient (Wildman–Crippen LogP) is 3.39. The largest absolute Gasteiger partial charge is 0.434 e. The van der Waals surface area contributed by atoms with E-state index in [1.54, 1.807) is 4.90 Å². The Morgan fingerprint density at radius 1 is 1.25 bits per heavy atom. The minimum absolute atomic E-state index is 0.00216. The van der Waals surface area contributed by atoms with Crippen LogP contribution in [0.15, 0.2) is 36.7 Å². The first-order valence-corrected chi connectivity index (χ1v) is 9.52. The quantitative estimate of drug-likeness (QED) is 0.718. The maximum atomic E-state index is 13.2. The van der Waals surface area contributed by atoms with Crippen LogP contribution < -0.4 is 10.2 Å². The number of hydrogen-bond acceptors (Lipinski definition) is 6. The molecular weight excluding hydrogens is 391 g/mol. The molecule has 28 heavy (non-hydrogen) atoms. The van der Waals surface area contributed by atoms with E-state index in [9.17, 15) is 18.0 Å². The van der Waals surface area contributed by atoms with Gasteiger partial charge < -0.3 is 10.2 Å². The van der Waals surface area contributed by atoms with Crippen LogP contribution in [0.25, 0.3) is 10.3 Å². The number of alkyl halides is 3. The van der Waals surface area contributed by atoms with Gasteiger partial charge in [-0.1, -0.05) is 41.7 Å². The summed E-state index contributed by atoms with van der Waals surface area (Å²) in [6.07, 6.45) is -2.34. The van der Waals surface area contributed by atoms with Crippen molar-refractivity contribution < 1.29 is 18.0 Å². The van der Waals surface area contributed by atoms with Crippen LogP contribution in [-0.4, -0.2) is 33.4 Å². The van der Waals surface area contributed by atoms with Gasteiger partial charge in [0.2, 0.25) is 5.91 Å². The van der Waals surface area contributed by atoms with Crippen molar-refractivity contribution in [1.82, 2.24) is 20.3 Å². The highest BCUT2D eigenvalue weighted by Gasteiger charge is 2.38. The average molecular weight is 407 g/mol. The molecule has 1 N–H and O–H groups in total. The van der Waals surface area contributed by atoms with Crippen LogP contribution in [0.3, 0.4) is 0 Å². The van der Waals surface area contributed by atoms with E-state index in [2.05, 4.69) is 20.3 Å². The van der Waals surface area contributed by atoms with Crippen LogP contribution in [0.2, 0.25) is 0 Å².